The van der Waals surface area contributed by atoms with Gasteiger partial charge in [0, 0.05) is 12.8 Å². The average Bonchev–Trinajstić information content (AvgIpc) is 2.39. The maximum Gasteiger partial charge on any atom is 0.303 e. The number of esters is 1. The molecule has 1 N–H and O–H groups in total. The van der Waals surface area contributed by atoms with Crippen molar-refractivity contribution >= 4 is 11.9 Å². The minimum absolute atomic E-state index is 0.0110. The standard InChI is InChI=1S/C13H13NO3/c1-8(15)17-13-7-3-2-4-9-5-6-10(13)14-12(16)11(9)13/h2-7,9-11H,1H3,(H,14,16). The van der Waals surface area contributed by atoms with Crippen molar-refractivity contribution in [2.24, 2.45) is 11.8 Å². The smallest absolute Gasteiger partial charge is 0.303 e. The highest BCUT2D eigenvalue weighted by Gasteiger charge is 2.59. The summed E-state index contributed by atoms with van der Waals surface area (Å²) >= 11 is 0. The van der Waals surface area contributed by atoms with Gasteiger partial charge in [0.25, 0.3) is 0 Å². The Hall–Kier alpha value is -1.84. The summed E-state index contributed by atoms with van der Waals surface area (Å²) in [4.78, 5) is 23.3. The fraction of sp³-hybridized carbons (Fsp3) is 0.385. The van der Waals surface area contributed by atoms with Crippen LogP contribution in [0.3, 0.4) is 0 Å². The van der Waals surface area contributed by atoms with Crippen molar-refractivity contribution in [3.63, 3.8) is 0 Å². The van der Waals surface area contributed by atoms with E-state index in [1.165, 1.54) is 6.92 Å². The first-order valence-corrected chi connectivity index (χ1v) is 5.68. The van der Waals surface area contributed by atoms with E-state index < -0.39 is 5.60 Å². The quantitative estimate of drug-likeness (QED) is 0.534. The van der Waals surface area contributed by atoms with Gasteiger partial charge in [0.15, 0.2) is 5.60 Å². The Morgan fingerprint density at radius 2 is 2.18 bits per heavy atom. The molecule has 4 heteroatoms. The van der Waals surface area contributed by atoms with E-state index in [1.807, 2.05) is 36.5 Å². The average molecular weight is 231 g/mol. The lowest BCUT2D eigenvalue weighted by atomic mass is 9.73. The van der Waals surface area contributed by atoms with E-state index in [1.54, 1.807) is 0 Å². The highest BCUT2D eigenvalue weighted by molar-refractivity contribution is 5.87. The second-order valence-electron chi connectivity index (χ2n) is 4.62. The van der Waals surface area contributed by atoms with Crippen LogP contribution in [0.2, 0.25) is 0 Å². The van der Waals surface area contributed by atoms with E-state index in [0.29, 0.717) is 0 Å². The molecule has 4 bridgehead atoms. The molecule has 1 amide bonds. The first-order chi connectivity index (χ1) is 8.13. The maximum absolute atomic E-state index is 12.0. The number of nitrogens with one attached hydrogen (secondary N) is 1. The highest BCUT2D eigenvalue weighted by atomic mass is 16.6. The largest absolute Gasteiger partial charge is 0.452 e. The first-order valence-electron chi connectivity index (χ1n) is 5.68. The summed E-state index contributed by atoms with van der Waals surface area (Å²) < 4.78 is 5.49. The maximum atomic E-state index is 12.0. The van der Waals surface area contributed by atoms with Gasteiger partial charge < -0.3 is 10.1 Å². The van der Waals surface area contributed by atoms with Gasteiger partial charge in [-0.2, -0.15) is 0 Å². The second-order valence-corrected chi connectivity index (χ2v) is 4.62. The third kappa shape index (κ3) is 1.30. The molecule has 4 atom stereocenters. The van der Waals surface area contributed by atoms with Gasteiger partial charge >= 0.3 is 5.97 Å². The Morgan fingerprint density at radius 3 is 2.94 bits per heavy atom. The van der Waals surface area contributed by atoms with Crippen molar-refractivity contribution in [2.45, 2.75) is 18.6 Å². The summed E-state index contributed by atoms with van der Waals surface area (Å²) in [5, 5.41) is 2.87. The van der Waals surface area contributed by atoms with E-state index in [2.05, 4.69) is 5.32 Å². The molecule has 4 nitrogen and oxygen atoms in total. The third-order valence-corrected chi connectivity index (χ3v) is 3.58. The number of hydrogen-bond acceptors (Lipinski definition) is 3. The Balaban J connectivity index is 2.14. The number of allylic oxidation sites excluding steroid dienone is 4. The molecule has 3 aliphatic rings. The Morgan fingerprint density at radius 1 is 1.35 bits per heavy atom. The molecule has 17 heavy (non-hydrogen) atoms. The molecular formula is C13H13NO3. The van der Waals surface area contributed by atoms with E-state index in [9.17, 15) is 9.59 Å². The summed E-state index contributed by atoms with van der Waals surface area (Å²) in [7, 11) is 0. The van der Waals surface area contributed by atoms with Gasteiger partial charge in [0.2, 0.25) is 5.91 Å². The van der Waals surface area contributed by atoms with Crippen LogP contribution >= 0.6 is 0 Å². The molecule has 0 radical (unpaired) electrons. The van der Waals surface area contributed by atoms with Crippen LogP contribution in [0.5, 0.6) is 0 Å². The van der Waals surface area contributed by atoms with E-state index in [0.717, 1.165) is 0 Å². The lowest BCUT2D eigenvalue weighted by molar-refractivity contribution is -0.157. The van der Waals surface area contributed by atoms with Gasteiger partial charge in [0.1, 0.15) is 0 Å². The number of carbonyl (C=O) groups excluding carboxylic acids is 2. The molecular weight excluding hydrogens is 218 g/mol. The predicted molar refractivity (Wildman–Crippen MR) is 60.8 cm³/mol. The predicted octanol–water partition coefficient (Wildman–Crippen LogP) is 0.715. The topological polar surface area (TPSA) is 55.4 Å². The van der Waals surface area contributed by atoms with Crippen molar-refractivity contribution in [1.82, 2.24) is 5.32 Å². The number of hydrogen-bond donors (Lipinski definition) is 1. The summed E-state index contributed by atoms with van der Waals surface area (Å²) in [6.45, 7) is 1.37. The van der Waals surface area contributed by atoms with Crippen LogP contribution in [-0.2, 0) is 14.3 Å². The lowest BCUT2D eigenvalue weighted by Gasteiger charge is -2.37. The fourth-order valence-corrected chi connectivity index (χ4v) is 2.97. The molecule has 0 saturated carbocycles. The van der Waals surface area contributed by atoms with Crippen LogP contribution in [0, 0.1) is 11.8 Å². The fourth-order valence-electron chi connectivity index (χ4n) is 2.97. The highest BCUT2D eigenvalue weighted by Crippen LogP contribution is 2.44. The minimum Gasteiger partial charge on any atom is -0.452 e. The van der Waals surface area contributed by atoms with Crippen LogP contribution in [0.1, 0.15) is 6.92 Å². The van der Waals surface area contributed by atoms with Gasteiger partial charge in [0.05, 0.1) is 12.0 Å². The summed E-state index contributed by atoms with van der Waals surface area (Å²) in [6, 6.07) is -0.253. The molecule has 1 fully saturated rings. The van der Waals surface area contributed by atoms with Crippen molar-refractivity contribution < 1.29 is 14.3 Å². The van der Waals surface area contributed by atoms with E-state index >= 15 is 0 Å². The van der Waals surface area contributed by atoms with Gasteiger partial charge in [-0.05, 0) is 6.08 Å². The van der Waals surface area contributed by atoms with E-state index in [4.69, 9.17) is 4.74 Å². The minimum atomic E-state index is -0.855. The monoisotopic (exact) mass is 231 g/mol. The zero-order valence-corrected chi connectivity index (χ0v) is 9.42. The zero-order valence-electron chi connectivity index (χ0n) is 9.42. The lowest BCUT2D eigenvalue weighted by Crippen LogP contribution is -2.50. The molecule has 2 aliphatic carbocycles. The van der Waals surface area contributed by atoms with Crippen molar-refractivity contribution in [2.75, 3.05) is 0 Å². The van der Waals surface area contributed by atoms with Crippen molar-refractivity contribution in [3.8, 4) is 0 Å². The van der Waals surface area contributed by atoms with Crippen LogP contribution < -0.4 is 5.32 Å². The first kappa shape index (κ1) is 10.3. The number of ether oxygens (including phenoxy) is 1. The van der Waals surface area contributed by atoms with Crippen molar-refractivity contribution in [3.05, 3.63) is 36.5 Å². The zero-order chi connectivity index (χ0) is 12.0. The molecule has 0 aromatic heterocycles. The number of carbonyl (C=O) groups is 2. The van der Waals surface area contributed by atoms with Gasteiger partial charge in [-0.3, -0.25) is 9.59 Å². The van der Waals surface area contributed by atoms with Crippen LogP contribution in [-0.4, -0.2) is 23.5 Å². The molecule has 0 spiro atoms. The molecule has 1 saturated heterocycles. The Labute approximate surface area is 99.0 Å². The van der Waals surface area contributed by atoms with Gasteiger partial charge in [-0.1, -0.05) is 30.4 Å². The third-order valence-electron chi connectivity index (χ3n) is 3.58. The number of rotatable bonds is 1. The van der Waals surface area contributed by atoms with Crippen LogP contribution in [0.4, 0.5) is 0 Å². The van der Waals surface area contributed by atoms with Crippen LogP contribution in [0.15, 0.2) is 36.5 Å². The van der Waals surface area contributed by atoms with E-state index in [-0.39, 0.29) is 29.8 Å². The van der Waals surface area contributed by atoms with Gasteiger partial charge in [-0.25, -0.2) is 0 Å². The molecule has 4 unspecified atom stereocenters. The Bertz CT molecular complexity index is 477. The Kier molecular flexibility index (Phi) is 2.02. The molecule has 88 valence electrons. The molecule has 0 aromatic rings. The molecule has 1 aliphatic heterocycles. The van der Waals surface area contributed by atoms with Gasteiger partial charge in [-0.15, -0.1) is 0 Å². The SMILES string of the molecule is CC(=O)OC12C=CC=CC3C=CC1NC(=O)C32. The molecule has 1 heterocycles. The van der Waals surface area contributed by atoms with Crippen LogP contribution in [0.25, 0.3) is 0 Å². The molecule has 3 rings (SSSR count). The normalized spacial score (nSPS) is 41.0. The second kappa shape index (κ2) is 3.32. The number of amides is 1. The molecule has 0 aromatic carbocycles. The summed E-state index contributed by atoms with van der Waals surface area (Å²) in [6.07, 6.45) is 11.4. The summed E-state index contributed by atoms with van der Waals surface area (Å²) in [5.74, 6) is -0.779. The van der Waals surface area contributed by atoms with Crippen molar-refractivity contribution in [1.29, 1.82) is 0 Å². The summed E-state index contributed by atoms with van der Waals surface area (Å²) in [5.41, 5.74) is -0.855.